The van der Waals surface area contributed by atoms with Gasteiger partial charge in [-0.1, -0.05) is 0 Å². The van der Waals surface area contributed by atoms with E-state index in [1.54, 1.807) is 35.6 Å². The predicted molar refractivity (Wildman–Crippen MR) is 132 cm³/mol. The van der Waals surface area contributed by atoms with Crippen LogP contribution in [0.1, 0.15) is 36.0 Å². The number of H-pyrrole nitrogens is 1. The summed E-state index contributed by atoms with van der Waals surface area (Å²) in [6, 6.07) is 7.04. The molecule has 0 aliphatic heterocycles. The van der Waals surface area contributed by atoms with Crippen molar-refractivity contribution < 1.29 is 14.3 Å². The third-order valence-electron chi connectivity index (χ3n) is 5.24. The molecule has 0 atom stereocenters. The Morgan fingerprint density at radius 2 is 1.97 bits per heavy atom. The average Bonchev–Trinajstić information content (AvgIpc) is 3.18. The number of aromatic amines is 1. The number of carbonyl (C=O) groups is 2. The van der Waals surface area contributed by atoms with Crippen LogP contribution in [0.15, 0.2) is 29.1 Å². The molecule has 1 aromatic carbocycles. The van der Waals surface area contributed by atoms with Crippen molar-refractivity contribution in [3.8, 4) is 5.75 Å². The highest BCUT2D eigenvalue weighted by Crippen LogP contribution is 2.33. The molecule has 0 bridgehead atoms. The molecule has 3 N–H and O–H groups in total. The normalized spacial score (nSPS) is 12.9. The SMILES string of the molecule is CCOc1ccc(NC(=O)CNC(=O)CSCc2nc3sc4c(c3c(=O)[nH]2)CCCC4)cc1. The molecule has 0 saturated heterocycles. The molecule has 8 nitrogen and oxygen atoms in total. The number of hydrogen-bond donors (Lipinski definition) is 3. The number of rotatable bonds is 9. The number of nitrogens with zero attached hydrogens (tertiary/aromatic N) is 1. The number of anilines is 1. The Labute approximate surface area is 199 Å². The fourth-order valence-corrected chi connectivity index (χ4v) is 5.75. The van der Waals surface area contributed by atoms with Gasteiger partial charge in [0.05, 0.1) is 30.0 Å². The fourth-order valence-electron chi connectivity index (χ4n) is 3.75. The van der Waals surface area contributed by atoms with Crippen LogP contribution in [-0.4, -0.2) is 40.7 Å². The van der Waals surface area contributed by atoms with Gasteiger partial charge >= 0.3 is 0 Å². The van der Waals surface area contributed by atoms with Crippen LogP contribution in [0.4, 0.5) is 5.69 Å². The van der Waals surface area contributed by atoms with E-state index in [-0.39, 0.29) is 29.7 Å². The second-order valence-corrected chi connectivity index (χ2v) is 9.75. The average molecular weight is 487 g/mol. The molecular formula is C23H26N4O4S2. The number of aryl methyl sites for hydroxylation is 2. The largest absolute Gasteiger partial charge is 0.494 e. The highest BCUT2D eigenvalue weighted by molar-refractivity contribution is 7.99. The highest BCUT2D eigenvalue weighted by atomic mass is 32.2. The number of ether oxygens (including phenoxy) is 1. The van der Waals surface area contributed by atoms with Gasteiger partial charge in [0.15, 0.2) is 0 Å². The molecule has 4 rings (SSSR count). The zero-order valence-corrected chi connectivity index (χ0v) is 20.0. The third kappa shape index (κ3) is 5.94. The van der Waals surface area contributed by atoms with Crippen LogP contribution in [-0.2, 0) is 28.2 Å². The van der Waals surface area contributed by atoms with Gasteiger partial charge < -0.3 is 20.4 Å². The zero-order valence-electron chi connectivity index (χ0n) is 18.4. The van der Waals surface area contributed by atoms with Gasteiger partial charge in [0, 0.05) is 10.6 Å². The molecule has 10 heteroatoms. The van der Waals surface area contributed by atoms with E-state index in [4.69, 9.17) is 4.74 Å². The lowest BCUT2D eigenvalue weighted by Gasteiger charge is -2.09. The van der Waals surface area contributed by atoms with Crippen molar-refractivity contribution in [2.24, 2.45) is 0 Å². The summed E-state index contributed by atoms with van der Waals surface area (Å²) >= 11 is 2.95. The number of carbonyl (C=O) groups excluding carboxylic acids is 2. The Hall–Kier alpha value is -2.85. The second kappa shape index (κ2) is 10.8. The summed E-state index contributed by atoms with van der Waals surface area (Å²) in [4.78, 5) is 46.3. The van der Waals surface area contributed by atoms with Gasteiger partial charge in [0.25, 0.3) is 5.56 Å². The van der Waals surface area contributed by atoms with E-state index in [9.17, 15) is 14.4 Å². The van der Waals surface area contributed by atoms with Crippen molar-refractivity contribution in [1.29, 1.82) is 0 Å². The van der Waals surface area contributed by atoms with E-state index in [1.807, 2.05) is 6.92 Å². The standard InChI is InChI=1S/C23H26N4O4S2/c1-2-31-15-9-7-14(8-10-15)25-19(28)11-24-20(29)13-32-12-18-26-22(30)21-16-5-3-4-6-17(16)33-23(21)27-18/h7-10H,2-6,11-13H2,1H3,(H,24,29)(H,25,28)(H,26,27,30). The smallest absolute Gasteiger partial charge is 0.259 e. The van der Waals surface area contributed by atoms with Gasteiger partial charge in [0.2, 0.25) is 11.8 Å². The van der Waals surface area contributed by atoms with Gasteiger partial charge in [-0.05, 0) is 62.4 Å². The number of hydrogen-bond acceptors (Lipinski definition) is 7. The van der Waals surface area contributed by atoms with Gasteiger partial charge in [-0.2, -0.15) is 0 Å². The molecular weight excluding hydrogens is 460 g/mol. The van der Waals surface area contributed by atoms with Crippen molar-refractivity contribution in [2.75, 3.05) is 24.2 Å². The lowest BCUT2D eigenvalue weighted by atomic mass is 9.97. The van der Waals surface area contributed by atoms with Crippen LogP contribution < -0.4 is 20.9 Å². The summed E-state index contributed by atoms with van der Waals surface area (Å²) in [5, 5.41) is 6.07. The van der Waals surface area contributed by atoms with E-state index >= 15 is 0 Å². The van der Waals surface area contributed by atoms with E-state index in [2.05, 4.69) is 20.6 Å². The Morgan fingerprint density at radius 3 is 2.76 bits per heavy atom. The lowest BCUT2D eigenvalue weighted by molar-refractivity contribution is -0.122. The summed E-state index contributed by atoms with van der Waals surface area (Å²) in [5.41, 5.74) is 1.70. The molecule has 0 saturated carbocycles. The minimum atomic E-state index is -0.310. The number of thiophene rings is 1. The molecule has 1 aliphatic carbocycles. The van der Waals surface area contributed by atoms with Crippen molar-refractivity contribution in [2.45, 2.75) is 38.4 Å². The lowest BCUT2D eigenvalue weighted by Crippen LogP contribution is -2.33. The van der Waals surface area contributed by atoms with E-state index < -0.39 is 0 Å². The number of fused-ring (bicyclic) bond motifs is 3. The monoisotopic (exact) mass is 486 g/mol. The molecule has 2 heterocycles. The van der Waals surface area contributed by atoms with Crippen LogP contribution in [0.3, 0.4) is 0 Å². The predicted octanol–water partition coefficient (Wildman–Crippen LogP) is 3.25. The van der Waals surface area contributed by atoms with Crippen molar-refractivity contribution in [1.82, 2.24) is 15.3 Å². The molecule has 2 amide bonds. The highest BCUT2D eigenvalue weighted by Gasteiger charge is 2.19. The molecule has 0 spiro atoms. The molecule has 0 fully saturated rings. The molecule has 2 aromatic heterocycles. The summed E-state index contributed by atoms with van der Waals surface area (Å²) in [6.45, 7) is 2.36. The number of benzene rings is 1. The Morgan fingerprint density at radius 1 is 1.18 bits per heavy atom. The quantitative estimate of drug-likeness (QED) is 0.428. The first-order valence-electron chi connectivity index (χ1n) is 10.9. The first-order chi connectivity index (χ1) is 16.0. The maximum atomic E-state index is 12.6. The maximum Gasteiger partial charge on any atom is 0.259 e. The first kappa shape index (κ1) is 23.3. The summed E-state index contributed by atoms with van der Waals surface area (Å²) in [5.74, 6) is 1.32. The number of amides is 2. The van der Waals surface area contributed by atoms with Crippen molar-refractivity contribution >= 4 is 50.8 Å². The van der Waals surface area contributed by atoms with Gasteiger partial charge in [-0.25, -0.2) is 4.98 Å². The van der Waals surface area contributed by atoms with Crippen LogP contribution in [0.2, 0.25) is 0 Å². The van der Waals surface area contributed by atoms with E-state index in [0.717, 1.165) is 47.2 Å². The topological polar surface area (TPSA) is 113 Å². The zero-order chi connectivity index (χ0) is 23.2. The Bertz CT molecular complexity index is 1200. The summed E-state index contributed by atoms with van der Waals surface area (Å²) in [7, 11) is 0. The van der Waals surface area contributed by atoms with Gasteiger partial charge in [-0.3, -0.25) is 14.4 Å². The Kier molecular flexibility index (Phi) is 7.66. The maximum absolute atomic E-state index is 12.6. The molecule has 3 aromatic rings. The number of nitrogens with one attached hydrogen (secondary N) is 3. The molecule has 0 unspecified atom stereocenters. The molecule has 33 heavy (non-hydrogen) atoms. The summed E-state index contributed by atoms with van der Waals surface area (Å²) in [6.07, 6.45) is 4.24. The Balaban J connectivity index is 1.22. The minimum absolute atomic E-state index is 0.0922. The van der Waals surface area contributed by atoms with Crippen LogP contribution in [0.5, 0.6) is 5.75 Å². The van der Waals surface area contributed by atoms with Crippen molar-refractivity contribution in [3.05, 3.63) is 50.9 Å². The van der Waals surface area contributed by atoms with E-state index in [1.165, 1.54) is 16.6 Å². The van der Waals surface area contributed by atoms with Gasteiger partial charge in [-0.15, -0.1) is 23.1 Å². The fraction of sp³-hybridized carbons (Fsp3) is 0.391. The van der Waals surface area contributed by atoms with Crippen LogP contribution in [0.25, 0.3) is 10.2 Å². The minimum Gasteiger partial charge on any atom is -0.494 e. The third-order valence-corrected chi connectivity index (χ3v) is 7.37. The van der Waals surface area contributed by atoms with Crippen LogP contribution >= 0.6 is 23.1 Å². The van der Waals surface area contributed by atoms with Gasteiger partial charge in [0.1, 0.15) is 16.4 Å². The van der Waals surface area contributed by atoms with Crippen LogP contribution in [0, 0.1) is 0 Å². The number of thioether (sulfide) groups is 1. The molecule has 174 valence electrons. The van der Waals surface area contributed by atoms with E-state index in [0.29, 0.717) is 23.9 Å². The second-order valence-electron chi connectivity index (χ2n) is 7.68. The van der Waals surface area contributed by atoms with Crippen molar-refractivity contribution in [3.63, 3.8) is 0 Å². The number of aromatic nitrogens is 2. The molecule has 1 aliphatic rings. The summed E-state index contributed by atoms with van der Waals surface area (Å²) < 4.78 is 5.37. The molecule has 0 radical (unpaired) electrons. The first-order valence-corrected chi connectivity index (χ1v) is 12.9.